The second kappa shape index (κ2) is 9.09. The molecule has 0 saturated heterocycles. The van der Waals surface area contributed by atoms with E-state index in [0.29, 0.717) is 56.2 Å². The van der Waals surface area contributed by atoms with E-state index in [1.165, 1.54) is 11.1 Å². The number of carbonyl (C=O) groups is 2. The van der Waals surface area contributed by atoms with Crippen LogP contribution in [0.1, 0.15) is 52.9 Å². The number of nitrogens with one attached hydrogen (secondary N) is 1. The van der Waals surface area contributed by atoms with Crippen molar-refractivity contribution in [3.8, 4) is 22.9 Å². The van der Waals surface area contributed by atoms with Gasteiger partial charge in [-0.2, -0.15) is 0 Å². The van der Waals surface area contributed by atoms with Crippen LogP contribution in [-0.4, -0.2) is 40.6 Å². The number of halogens is 1. The molecular weight excluding hydrogens is 530 g/mol. The highest BCUT2D eigenvalue weighted by Gasteiger charge is 2.64. The molecule has 4 heterocycles. The molecule has 0 aliphatic carbocycles. The number of carbonyl (C=O) groups excluding carboxylic acids is 2. The van der Waals surface area contributed by atoms with Crippen molar-refractivity contribution in [2.75, 3.05) is 24.4 Å². The second-order valence-corrected chi connectivity index (χ2v) is 10.7. The predicted octanol–water partition coefficient (Wildman–Crippen LogP) is 5.67. The van der Waals surface area contributed by atoms with Crippen LogP contribution >= 0.6 is 11.6 Å². The Balaban J connectivity index is 1.73. The summed E-state index contributed by atoms with van der Waals surface area (Å²) in [4.78, 5) is 39.6. The van der Waals surface area contributed by atoms with Crippen LogP contribution < -0.4 is 19.7 Å². The lowest BCUT2D eigenvalue weighted by Gasteiger charge is -2.36. The van der Waals surface area contributed by atoms with E-state index < -0.39 is 11.4 Å². The van der Waals surface area contributed by atoms with Gasteiger partial charge in [0, 0.05) is 29.6 Å². The summed E-state index contributed by atoms with van der Waals surface area (Å²) in [5, 5.41) is 3.40. The molecule has 0 saturated carbocycles. The summed E-state index contributed by atoms with van der Waals surface area (Å²) in [5.41, 5.74) is 3.08. The van der Waals surface area contributed by atoms with Crippen molar-refractivity contribution in [1.29, 1.82) is 0 Å². The lowest BCUT2D eigenvalue weighted by Crippen LogP contribution is -2.51. The Kier molecular flexibility index (Phi) is 5.88. The molecule has 0 fully saturated rings. The minimum atomic E-state index is -1.54. The van der Waals surface area contributed by atoms with Gasteiger partial charge in [0.25, 0.3) is 11.8 Å². The molecule has 2 aliphatic rings. The van der Waals surface area contributed by atoms with Crippen LogP contribution in [0.15, 0.2) is 48.7 Å². The van der Waals surface area contributed by atoms with Crippen molar-refractivity contribution in [3.05, 3.63) is 81.9 Å². The van der Waals surface area contributed by atoms with E-state index in [9.17, 15) is 9.59 Å². The van der Waals surface area contributed by atoms with E-state index in [-0.39, 0.29) is 17.6 Å². The Morgan fingerprint density at radius 3 is 2.50 bits per heavy atom. The van der Waals surface area contributed by atoms with Crippen LogP contribution in [0.4, 0.5) is 11.4 Å². The summed E-state index contributed by atoms with van der Waals surface area (Å²) in [5.74, 6) is 0.901. The fraction of sp³-hybridized carbons (Fsp3) is 0.267. The molecule has 1 atom stereocenters. The first-order chi connectivity index (χ1) is 19.1. The highest BCUT2D eigenvalue weighted by atomic mass is 35.5. The van der Waals surface area contributed by atoms with Gasteiger partial charge < -0.3 is 19.4 Å². The molecule has 1 unspecified atom stereocenters. The zero-order valence-corrected chi connectivity index (χ0v) is 23.8. The number of imidazole rings is 1. The molecule has 2 aromatic carbocycles. The number of anilines is 2. The third-order valence-corrected chi connectivity index (χ3v) is 7.78. The number of rotatable bonds is 5. The summed E-state index contributed by atoms with van der Waals surface area (Å²) < 4.78 is 13.0. The minimum absolute atomic E-state index is 0.177. The molecule has 1 N–H and O–H groups in total. The number of pyridine rings is 1. The summed E-state index contributed by atoms with van der Waals surface area (Å²) in [6, 6.07) is 12.7. The van der Waals surface area contributed by atoms with Gasteiger partial charge in [-0.25, -0.2) is 4.98 Å². The predicted molar refractivity (Wildman–Crippen MR) is 153 cm³/mol. The van der Waals surface area contributed by atoms with Gasteiger partial charge in [0.15, 0.2) is 11.2 Å². The van der Waals surface area contributed by atoms with Crippen molar-refractivity contribution < 1.29 is 19.1 Å². The van der Waals surface area contributed by atoms with E-state index in [1.54, 1.807) is 33.3 Å². The molecule has 40 heavy (non-hydrogen) atoms. The van der Waals surface area contributed by atoms with Crippen molar-refractivity contribution in [2.45, 2.75) is 39.3 Å². The molecule has 2 amide bonds. The number of ether oxygens (including phenoxy) is 2. The van der Waals surface area contributed by atoms with E-state index in [0.717, 1.165) is 5.56 Å². The van der Waals surface area contributed by atoms with Crippen LogP contribution in [0.2, 0.25) is 5.02 Å². The average Bonchev–Trinajstić information content (AvgIpc) is 3.53. The molecule has 4 aromatic rings. The standard InChI is InChI=1S/C30H28ClN5O4/c1-15(2)35-26-25(34-27(35)20-9-8-19(39-5)13-24(20)40-6)28(37)36(23-12-18(31)14-32-17(23)4)30(26)21-10-7-16(3)11-22(21)33-29(30)38/h7-15H,1-6H3,(H,33,38). The van der Waals surface area contributed by atoms with E-state index in [1.807, 2.05) is 55.7 Å². The number of aryl methyl sites for hydroxylation is 2. The van der Waals surface area contributed by atoms with Crippen LogP contribution in [0.25, 0.3) is 11.4 Å². The maximum Gasteiger partial charge on any atom is 0.280 e. The largest absolute Gasteiger partial charge is 0.497 e. The van der Waals surface area contributed by atoms with Crippen molar-refractivity contribution in [3.63, 3.8) is 0 Å². The fourth-order valence-corrected chi connectivity index (χ4v) is 6.00. The fourth-order valence-electron chi connectivity index (χ4n) is 5.85. The quantitative estimate of drug-likeness (QED) is 0.339. The molecule has 1 spiro atoms. The van der Waals surface area contributed by atoms with Gasteiger partial charge in [-0.15, -0.1) is 0 Å². The molecule has 204 valence electrons. The Hall–Kier alpha value is -4.37. The van der Waals surface area contributed by atoms with Gasteiger partial charge in [0.2, 0.25) is 0 Å². The summed E-state index contributed by atoms with van der Waals surface area (Å²) in [6.45, 7) is 7.74. The molecule has 2 aromatic heterocycles. The summed E-state index contributed by atoms with van der Waals surface area (Å²) in [6.07, 6.45) is 1.52. The van der Waals surface area contributed by atoms with Crippen molar-refractivity contribution in [1.82, 2.24) is 14.5 Å². The first kappa shape index (κ1) is 25.9. The molecule has 10 heteroatoms. The maximum absolute atomic E-state index is 14.5. The third kappa shape index (κ3) is 3.40. The Morgan fingerprint density at radius 1 is 1.02 bits per heavy atom. The number of hydrogen-bond acceptors (Lipinski definition) is 6. The Bertz CT molecular complexity index is 1730. The van der Waals surface area contributed by atoms with Gasteiger partial charge in [-0.3, -0.25) is 19.5 Å². The van der Waals surface area contributed by atoms with Crippen LogP contribution in [0.3, 0.4) is 0 Å². The highest BCUT2D eigenvalue weighted by molar-refractivity contribution is 6.31. The summed E-state index contributed by atoms with van der Waals surface area (Å²) in [7, 11) is 3.15. The zero-order chi connectivity index (χ0) is 28.5. The van der Waals surface area contributed by atoms with Crippen LogP contribution in [-0.2, 0) is 10.3 Å². The molecule has 9 nitrogen and oxygen atoms in total. The van der Waals surface area contributed by atoms with E-state index in [4.69, 9.17) is 26.1 Å². The third-order valence-electron chi connectivity index (χ3n) is 7.57. The number of aromatic nitrogens is 3. The van der Waals surface area contributed by atoms with Crippen molar-refractivity contribution in [2.24, 2.45) is 0 Å². The van der Waals surface area contributed by atoms with Gasteiger partial charge >= 0.3 is 0 Å². The zero-order valence-electron chi connectivity index (χ0n) is 23.0. The second-order valence-electron chi connectivity index (χ2n) is 10.3. The number of benzene rings is 2. The number of nitrogens with zero attached hydrogens (tertiary/aromatic N) is 4. The number of amides is 2. The van der Waals surface area contributed by atoms with Gasteiger partial charge in [0.1, 0.15) is 17.3 Å². The number of fused-ring (bicyclic) bond motifs is 4. The smallest absolute Gasteiger partial charge is 0.280 e. The molecular formula is C30H28ClN5O4. The average molecular weight is 558 g/mol. The number of methoxy groups -OCH3 is 2. The lowest BCUT2D eigenvalue weighted by atomic mass is 9.86. The molecule has 6 rings (SSSR count). The van der Waals surface area contributed by atoms with Crippen molar-refractivity contribution >= 4 is 34.8 Å². The normalized spacial score (nSPS) is 17.4. The Labute approximate surface area is 236 Å². The first-order valence-electron chi connectivity index (χ1n) is 12.9. The topological polar surface area (TPSA) is 98.6 Å². The molecule has 0 bridgehead atoms. The monoisotopic (exact) mass is 557 g/mol. The highest BCUT2D eigenvalue weighted by Crippen LogP contribution is 2.55. The summed E-state index contributed by atoms with van der Waals surface area (Å²) >= 11 is 6.38. The van der Waals surface area contributed by atoms with Crippen LogP contribution in [0, 0.1) is 13.8 Å². The van der Waals surface area contributed by atoms with Gasteiger partial charge in [0.05, 0.1) is 41.9 Å². The van der Waals surface area contributed by atoms with Gasteiger partial charge in [-0.1, -0.05) is 23.7 Å². The van der Waals surface area contributed by atoms with E-state index >= 15 is 0 Å². The maximum atomic E-state index is 14.5. The van der Waals surface area contributed by atoms with E-state index in [2.05, 4.69) is 10.3 Å². The molecule has 0 radical (unpaired) electrons. The minimum Gasteiger partial charge on any atom is -0.497 e. The number of hydrogen-bond donors (Lipinski definition) is 1. The van der Waals surface area contributed by atoms with Crippen LogP contribution in [0.5, 0.6) is 11.5 Å². The molecule has 2 aliphatic heterocycles. The SMILES string of the molecule is COc1ccc(-c2nc3c(n2C(C)C)C2(C(=O)Nc4cc(C)ccc42)N(c2cc(Cl)cnc2C)C3=O)c(OC)c1. The lowest BCUT2D eigenvalue weighted by molar-refractivity contribution is -0.119. The first-order valence-corrected chi connectivity index (χ1v) is 13.3. The Morgan fingerprint density at radius 2 is 1.80 bits per heavy atom. The van der Waals surface area contributed by atoms with Gasteiger partial charge in [-0.05, 0) is 57.5 Å².